The van der Waals surface area contributed by atoms with E-state index >= 15 is 0 Å². The van der Waals surface area contributed by atoms with Gasteiger partial charge in [0.2, 0.25) is 0 Å². The maximum absolute atomic E-state index is 13.0. The van der Waals surface area contributed by atoms with Crippen molar-refractivity contribution < 1.29 is 4.39 Å². The molecule has 0 aromatic heterocycles. The first-order valence-electron chi connectivity index (χ1n) is 7.26. The summed E-state index contributed by atoms with van der Waals surface area (Å²) in [5, 5.41) is 3.56. The standard InChI is InChI=1S/C16H25FN2/c1-12(2)8-16-9-18-13(3)10-19(16)11-14-4-6-15(17)7-5-14/h4-7,12-13,16,18H,8-11H2,1-3H3. The minimum Gasteiger partial charge on any atom is -0.311 e. The summed E-state index contributed by atoms with van der Waals surface area (Å²) >= 11 is 0. The summed E-state index contributed by atoms with van der Waals surface area (Å²) in [6.45, 7) is 9.81. The Morgan fingerprint density at radius 3 is 2.63 bits per heavy atom. The summed E-state index contributed by atoms with van der Waals surface area (Å²) in [6, 6.07) is 8.02. The summed E-state index contributed by atoms with van der Waals surface area (Å²) in [6.07, 6.45) is 1.21. The molecule has 106 valence electrons. The number of benzene rings is 1. The molecular weight excluding hydrogens is 239 g/mol. The third-order valence-electron chi connectivity index (χ3n) is 3.77. The summed E-state index contributed by atoms with van der Waals surface area (Å²) in [5.74, 6) is 0.548. The van der Waals surface area contributed by atoms with Gasteiger partial charge in [0.15, 0.2) is 0 Å². The molecule has 3 heteroatoms. The van der Waals surface area contributed by atoms with Crippen molar-refractivity contribution in [3.05, 3.63) is 35.6 Å². The van der Waals surface area contributed by atoms with Crippen molar-refractivity contribution in [1.82, 2.24) is 10.2 Å². The van der Waals surface area contributed by atoms with Gasteiger partial charge in [-0.2, -0.15) is 0 Å². The number of nitrogens with one attached hydrogen (secondary N) is 1. The SMILES string of the molecule is CC(C)CC1CNC(C)CN1Cc1ccc(F)cc1. The lowest BCUT2D eigenvalue weighted by molar-refractivity contribution is 0.111. The molecule has 1 aliphatic heterocycles. The van der Waals surface area contributed by atoms with Crippen molar-refractivity contribution in [3.8, 4) is 0 Å². The van der Waals surface area contributed by atoms with E-state index in [1.807, 2.05) is 12.1 Å². The number of halogens is 1. The van der Waals surface area contributed by atoms with E-state index in [1.54, 1.807) is 12.1 Å². The molecule has 19 heavy (non-hydrogen) atoms. The molecule has 0 amide bonds. The quantitative estimate of drug-likeness (QED) is 0.899. The Balaban J connectivity index is 2.02. The van der Waals surface area contributed by atoms with Gasteiger partial charge in [0, 0.05) is 31.7 Å². The molecule has 1 N–H and O–H groups in total. The van der Waals surface area contributed by atoms with E-state index < -0.39 is 0 Å². The maximum Gasteiger partial charge on any atom is 0.123 e. The van der Waals surface area contributed by atoms with Gasteiger partial charge in [-0.25, -0.2) is 4.39 Å². The molecule has 0 aliphatic carbocycles. The molecule has 0 spiro atoms. The first-order chi connectivity index (χ1) is 9.04. The van der Waals surface area contributed by atoms with Crippen LogP contribution in [0, 0.1) is 11.7 Å². The smallest absolute Gasteiger partial charge is 0.123 e. The molecule has 0 saturated carbocycles. The molecule has 2 atom stereocenters. The van der Waals surface area contributed by atoms with Crippen LogP contribution in [-0.4, -0.2) is 30.1 Å². The molecule has 1 aliphatic rings. The highest BCUT2D eigenvalue weighted by atomic mass is 19.1. The molecule has 0 radical (unpaired) electrons. The van der Waals surface area contributed by atoms with Crippen LogP contribution in [0.3, 0.4) is 0 Å². The highest BCUT2D eigenvalue weighted by Gasteiger charge is 2.26. The van der Waals surface area contributed by atoms with Crippen LogP contribution >= 0.6 is 0 Å². The molecule has 2 rings (SSSR count). The second-order valence-corrected chi connectivity index (χ2v) is 6.15. The highest BCUT2D eigenvalue weighted by Crippen LogP contribution is 2.18. The van der Waals surface area contributed by atoms with E-state index in [0.717, 1.165) is 19.6 Å². The summed E-state index contributed by atoms with van der Waals surface area (Å²) in [5.41, 5.74) is 1.20. The summed E-state index contributed by atoms with van der Waals surface area (Å²) in [7, 11) is 0. The molecule has 1 heterocycles. The lowest BCUT2D eigenvalue weighted by Crippen LogP contribution is -2.55. The third kappa shape index (κ3) is 4.29. The van der Waals surface area contributed by atoms with Gasteiger partial charge in [-0.1, -0.05) is 26.0 Å². The predicted molar refractivity (Wildman–Crippen MR) is 77.5 cm³/mol. The van der Waals surface area contributed by atoms with Crippen molar-refractivity contribution >= 4 is 0 Å². The maximum atomic E-state index is 13.0. The van der Waals surface area contributed by atoms with Gasteiger partial charge in [0.05, 0.1) is 0 Å². The molecule has 2 nitrogen and oxygen atoms in total. The Morgan fingerprint density at radius 1 is 1.32 bits per heavy atom. The summed E-state index contributed by atoms with van der Waals surface area (Å²) < 4.78 is 13.0. The Morgan fingerprint density at radius 2 is 2.00 bits per heavy atom. The van der Waals surface area contributed by atoms with Gasteiger partial charge >= 0.3 is 0 Å². The predicted octanol–water partition coefficient (Wildman–Crippen LogP) is 3.03. The topological polar surface area (TPSA) is 15.3 Å². The zero-order valence-corrected chi connectivity index (χ0v) is 12.2. The van der Waals surface area contributed by atoms with E-state index in [-0.39, 0.29) is 5.82 Å². The van der Waals surface area contributed by atoms with Crippen molar-refractivity contribution in [1.29, 1.82) is 0 Å². The van der Waals surface area contributed by atoms with Crippen LogP contribution in [0.5, 0.6) is 0 Å². The Bertz CT molecular complexity index is 388. The minimum atomic E-state index is -0.156. The van der Waals surface area contributed by atoms with Crippen LogP contribution in [0.1, 0.15) is 32.8 Å². The van der Waals surface area contributed by atoms with Crippen molar-refractivity contribution in [2.75, 3.05) is 13.1 Å². The van der Waals surface area contributed by atoms with Gasteiger partial charge in [-0.05, 0) is 37.0 Å². The monoisotopic (exact) mass is 264 g/mol. The van der Waals surface area contributed by atoms with Crippen LogP contribution < -0.4 is 5.32 Å². The molecule has 1 aromatic rings. The van der Waals surface area contributed by atoms with E-state index in [9.17, 15) is 4.39 Å². The normalized spacial score (nSPS) is 24.9. The number of nitrogens with zero attached hydrogens (tertiary/aromatic N) is 1. The Hall–Kier alpha value is -0.930. The lowest BCUT2D eigenvalue weighted by Gasteiger charge is -2.40. The fourth-order valence-electron chi connectivity index (χ4n) is 2.83. The number of hydrogen-bond donors (Lipinski definition) is 1. The van der Waals surface area contributed by atoms with E-state index in [0.29, 0.717) is 18.0 Å². The van der Waals surface area contributed by atoms with Gasteiger partial charge in [0.1, 0.15) is 5.82 Å². The fourth-order valence-corrected chi connectivity index (χ4v) is 2.83. The molecule has 1 fully saturated rings. The van der Waals surface area contributed by atoms with Crippen LogP contribution in [-0.2, 0) is 6.54 Å². The van der Waals surface area contributed by atoms with Gasteiger partial charge in [-0.3, -0.25) is 4.90 Å². The van der Waals surface area contributed by atoms with Crippen molar-refractivity contribution in [2.45, 2.75) is 45.8 Å². The average Bonchev–Trinajstić information content (AvgIpc) is 2.35. The largest absolute Gasteiger partial charge is 0.311 e. The molecule has 1 saturated heterocycles. The second kappa shape index (κ2) is 6.49. The van der Waals surface area contributed by atoms with Crippen molar-refractivity contribution in [3.63, 3.8) is 0 Å². The third-order valence-corrected chi connectivity index (χ3v) is 3.77. The molecule has 2 unspecified atom stereocenters. The van der Waals surface area contributed by atoms with Crippen LogP contribution in [0.4, 0.5) is 4.39 Å². The van der Waals surface area contributed by atoms with Gasteiger partial charge in [0.25, 0.3) is 0 Å². The number of piperazine rings is 1. The Labute approximate surface area is 116 Å². The zero-order valence-electron chi connectivity index (χ0n) is 12.2. The molecule has 0 bridgehead atoms. The minimum absolute atomic E-state index is 0.156. The van der Waals surface area contributed by atoms with E-state index in [1.165, 1.54) is 12.0 Å². The van der Waals surface area contributed by atoms with E-state index in [2.05, 4.69) is 31.0 Å². The number of hydrogen-bond acceptors (Lipinski definition) is 2. The zero-order chi connectivity index (χ0) is 13.8. The second-order valence-electron chi connectivity index (χ2n) is 6.15. The van der Waals surface area contributed by atoms with Crippen LogP contribution in [0.25, 0.3) is 0 Å². The first-order valence-corrected chi connectivity index (χ1v) is 7.26. The van der Waals surface area contributed by atoms with Crippen LogP contribution in [0.15, 0.2) is 24.3 Å². The molecule has 1 aromatic carbocycles. The summed E-state index contributed by atoms with van der Waals surface area (Å²) in [4.78, 5) is 2.54. The van der Waals surface area contributed by atoms with E-state index in [4.69, 9.17) is 0 Å². The highest BCUT2D eigenvalue weighted by molar-refractivity contribution is 5.16. The average molecular weight is 264 g/mol. The van der Waals surface area contributed by atoms with Gasteiger partial charge < -0.3 is 5.32 Å². The lowest BCUT2D eigenvalue weighted by atomic mass is 9.98. The first kappa shape index (κ1) is 14.5. The van der Waals surface area contributed by atoms with Crippen LogP contribution in [0.2, 0.25) is 0 Å². The Kier molecular flexibility index (Phi) is 4.94. The fraction of sp³-hybridized carbons (Fsp3) is 0.625. The molecular formula is C16H25FN2. The number of rotatable bonds is 4. The van der Waals surface area contributed by atoms with Gasteiger partial charge in [-0.15, -0.1) is 0 Å². The van der Waals surface area contributed by atoms with Crippen molar-refractivity contribution in [2.24, 2.45) is 5.92 Å².